The van der Waals surface area contributed by atoms with Crippen molar-refractivity contribution in [3.05, 3.63) is 53.6 Å². The third kappa shape index (κ3) is 4.08. The molecule has 0 radical (unpaired) electrons. The number of aryl methyl sites for hydroxylation is 1. The van der Waals surface area contributed by atoms with Crippen LogP contribution in [0.3, 0.4) is 0 Å². The van der Waals surface area contributed by atoms with Gasteiger partial charge in [0.2, 0.25) is 0 Å². The van der Waals surface area contributed by atoms with Gasteiger partial charge in [0.25, 0.3) is 5.91 Å². The molecule has 0 saturated heterocycles. The summed E-state index contributed by atoms with van der Waals surface area (Å²) in [5.74, 6) is 0.0577. The van der Waals surface area contributed by atoms with Crippen LogP contribution in [0.2, 0.25) is 0 Å². The Labute approximate surface area is 119 Å². The minimum Gasteiger partial charge on any atom is -0.352 e. The fraction of sp³-hybridized carbons (Fsp3) is 0.286. The van der Waals surface area contributed by atoms with Crippen molar-refractivity contribution >= 4 is 5.91 Å². The average Bonchev–Trinajstić information content (AvgIpc) is 2.95. The largest absolute Gasteiger partial charge is 0.417 e. The lowest BCUT2D eigenvalue weighted by Gasteiger charge is -2.12. The molecule has 0 aliphatic heterocycles. The standard InChI is InChI=1S/C14H14F3N3O/c15-14(16,17)11-5-2-1-4-10(11)13(21)20-7-3-6-12-18-8-9-19-12/h1-2,4-5,8-9H,3,6-7H2,(H,18,19)(H,20,21). The number of carbonyl (C=O) groups is 1. The van der Waals surface area contributed by atoms with Crippen LogP contribution in [0.15, 0.2) is 36.7 Å². The summed E-state index contributed by atoms with van der Waals surface area (Å²) >= 11 is 0. The Morgan fingerprint density at radius 3 is 2.71 bits per heavy atom. The Morgan fingerprint density at radius 1 is 1.29 bits per heavy atom. The van der Waals surface area contributed by atoms with Gasteiger partial charge < -0.3 is 10.3 Å². The molecule has 0 aliphatic carbocycles. The Balaban J connectivity index is 1.92. The zero-order chi connectivity index (χ0) is 15.3. The third-order valence-corrected chi connectivity index (χ3v) is 2.91. The summed E-state index contributed by atoms with van der Waals surface area (Å²) in [5.41, 5.74) is -1.28. The first kappa shape index (κ1) is 15.1. The molecular weight excluding hydrogens is 283 g/mol. The Morgan fingerprint density at radius 2 is 2.05 bits per heavy atom. The first-order valence-corrected chi connectivity index (χ1v) is 6.41. The maximum Gasteiger partial charge on any atom is 0.417 e. The number of H-pyrrole nitrogens is 1. The van der Waals surface area contributed by atoms with E-state index < -0.39 is 17.6 Å². The van der Waals surface area contributed by atoms with Gasteiger partial charge in [-0.05, 0) is 18.6 Å². The highest BCUT2D eigenvalue weighted by Crippen LogP contribution is 2.31. The number of benzene rings is 1. The normalized spacial score (nSPS) is 11.4. The molecule has 4 nitrogen and oxygen atoms in total. The summed E-state index contributed by atoms with van der Waals surface area (Å²) in [7, 11) is 0. The summed E-state index contributed by atoms with van der Waals surface area (Å²) in [6.07, 6.45) is -0.0231. The molecule has 1 aromatic carbocycles. The number of halogens is 3. The molecule has 7 heteroatoms. The summed E-state index contributed by atoms with van der Waals surface area (Å²) in [5, 5.41) is 2.49. The van der Waals surface area contributed by atoms with E-state index in [0.717, 1.165) is 11.9 Å². The molecule has 2 rings (SSSR count). The highest BCUT2D eigenvalue weighted by molar-refractivity contribution is 5.95. The molecule has 0 atom stereocenters. The number of nitrogens with zero attached hydrogens (tertiary/aromatic N) is 1. The van der Waals surface area contributed by atoms with Gasteiger partial charge in [0.05, 0.1) is 11.1 Å². The van der Waals surface area contributed by atoms with E-state index in [2.05, 4.69) is 15.3 Å². The fourth-order valence-corrected chi connectivity index (χ4v) is 1.92. The summed E-state index contributed by atoms with van der Waals surface area (Å²) < 4.78 is 38.4. The van der Waals surface area contributed by atoms with E-state index in [-0.39, 0.29) is 12.1 Å². The molecule has 0 aliphatic rings. The van der Waals surface area contributed by atoms with Gasteiger partial charge in [-0.15, -0.1) is 0 Å². The van der Waals surface area contributed by atoms with E-state index in [1.807, 2.05) is 0 Å². The molecule has 0 unspecified atom stereocenters. The maximum atomic E-state index is 12.8. The number of nitrogens with one attached hydrogen (secondary N) is 2. The molecule has 1 heterocycles. The van der Waals surface area contributed by atoms with Crippen LogP contribution in [-0.4, -0.2) is 22.4 Å². The average molecular weight is 297 g/mol. The van der Waals surface area contributed by atoms with Crippen molar-refractivity contribution in [2.45, 2.75) is 19.0 Å². The molecule has 112 valence electrons. The number of aromatic amines is 1. The topological polar surface area (TPSA) is 57.8 Å². The Kier molecular flexibility index (Phi) is 4.62. The number of hydrogen-bond acceptors (Lipinski definition) is 2. The minimum atomic E-state index is -4.54. The third-order valence-electron chi connectivity index (χ3n) is 2.91. The van der Waals surface area contributed by atoms with Gasteiger partial charge in [0, 0.05) is 25.4 Å². The molecule has 0 spiro atoms. The van der Waals surface area contributed by atoms with Crippen molar-refractivity contribution in [2.75, 3.05) is 6.54 Å². The number of alkyl halides is 3. The lowest BCUT2D eigenvalue weighted by molar-refractivity contribution is -0.137. The van der Waals surface area contributed by atoms with Gasteiger partial charge in [0.15, 0.2) is 0 Å². The zero-order valence-corrected chi connectivity index (χ0v) is 11.1. The number of imidazole rings is 1. The van der Waals surface area contributed by atoms with Crippen LogP contribution >= 0.6 is 0 Å². The highest BCUT2D eigenvalue weighted by atomic mass is 19.4. The summed E-state index contributed by atoms with van der Waals surface area (Å²) in [4.78, 5) is 18.8. The van der Waals surface area contributed by atoms with E-state index in [0.29, 0.717) is 12.8 Å². The van der Waals surface area contributed by atoms with Crippen LogP contribution in [0.4, 0.5) is 13.2 Å². The van der Waals surface area contributed by atoms with Crippen molar-refractivity contribution in [3.63, 3.8) is 0 Å². The fourth-order valence-electron chi connectivity index (χ4n) is 1.92. The number of hydrogen-bond donors (Lipinski definition) is 2. The lowest BCUT2D eigenvalue weighted by Crippen LogP contribution is -2.27. The van der Waals surface area contributed by atoms with Crippen molar-refractivity contribution in [3.8, 4) is 0 Å². The molecule has 2 N–H and O–H groups in total. The van der Waals surface area contributed by atoms with Crippen molar-refractivity contribution in [2.24, 2.45) is 0 Å². The van der Waals surface area contributed by atoms with Gasteiger partial charge in [-0.25, -0.2) is 4.98 Å². The van der Waals surface area contributed by atoms with Gasteiger partial charge >= 0.3 is 6.18 Å². The summed E-state index contributed by atoms with van der Waals surface area (Å²) in [6, 6.07) is 4.74. The van der Waals surface area contributed by atoms with Crippen LogP contribution in [-0.2, 0) is 12.6 Å². The maximum absolute atomic E-state index is 12.8. The first-order valence-electron chi connectivity index (χ1n) is 6.41. The van der Waals surface area contributed by atoms with Crippen LogP contribution < -0.4 is 5.32 Å². The van der Waals surface area contributed by atoms with Gasteiger partial charge in [0.1, 0.15) is 5.82 Å². The lowest BCUT2D eigenvalue weighted by atomic mass is 10.1. The van der Waals surface area contributed by atoms with Crippen LogP contribution in [0.5, 0.6) is 0 Å². The SMILES string of the molecule is O=C(NCCCc1ncc[nH]1)c1ccccc1C(F)(F)F. The quantitative estimate of drug-likeness (QED) is 0.834. The van der Waals surface area contributed by atoms with Gasteiger partial charge in [-0.3, -0.25) is 4.79 Å². The van der Waals surface area contributed by atoms with Gasteiger partial charge in [-0.2, -0.15) is 13.2 Å². The second kappa shape index (κ2) is 6.43. The number of rotatable bonds is 5. The Bertz CT molecular complexity index is 594. The van der Waals surface area contributed by atoms with E-state index in [9.17, 15) is 18.0 Å². The van der Waals surface area contributed by atoms with E-state index in [4.69, 9.17) is 0 Å². The monoisotopic (exact) mass is 297 g/mol. The van der Waals surface area contributed by atoms with E-state index in [1.54, 1.807) is 12.4 Å². The van der Waals surface area contributed by atoms with E-state index in [1.165, 1.54) is 18.2 Å². The number of carbonyl (C=O) groups excluding carboxylic acids is 1. The van der Waals surface area contributed by atoms with Crippen molar-refractivity contribution in [1.82, 2.24) is 15.3 Å². The number of amides is 1. The van der Waals surface area contributed by atoms with Crippen LogP contribution in [0.25, 0.3) is 0 Å². The van der Waals surface area contributed by atoms with Crippen molar-refractivity contribution in [1.29, 1.82) is 0 Å². The molecule has 1 amide bonds. The number of aromatic nitrogens is 2. The molecule has 1 aromatic heterocycles. The van der Waals surface area contributed by atoms with Crippen LogP contribution in [0, 0.1) is 0 Å². The smallest absolute Gasteiger partial charge is 0.352 e. The highest BCUT2D eigenvalue weighted by Gasteiger charge is 2.34. The molecule has 0 bridgehead atoms. The van der Waals surface area contributed by atoms with Crippen molar-refractivity contribution < 1.29 is 18.0 Å². The summed E-state index contributed by atoms with van der Waals surface area (Å²) in [6.45, 7) is 0.283. The molecule has 2 aromatic rings. The minimum absolute atomic E-state index is 0.283. The molecule has 0 fully saturated rings. The zero-order valence-electron chi connectivity index (χ0n) is 11.1. The first-order chi connectivity index (χ1) is 9.98. The Hall–Kier alpha value is -2.31. The predicted octanol–water partition coefficient (Wildman–Crippen LogP) is 2.79. The molecule has 0 saturated carbocycles. The second-order valence-corrected chi connectivity index (χ2v) is 4.44. The second-order valence-electron chi connectivity index (χ2n) is 4.44. The van der Waals surface area contributed by atoms with Gasteiger partial charge in [-0.1, -0.05) is 12.1 Å². The predicted molar refractivity (Wildman–Crippen MR) is 70.7 cm³/mol. The van der Waals surface area contributed by atoms with Crippen LogP contribution in [0.1, 0.15) is 28.2 Å². The molecule has 21 heavy (non-hydrogen) atoms. The molecular formula is C14H14F3N3O. The van der Waals surface area contributed by atoms with E-state index >= 15 is 0 Å².